The van der Waals surface area contributed by atoms with Crippen molar-refractivity contribution in [1.29, 1.82) is 0 Å². The predicted molar refractivity (Wildman–Crippen MR) is 104 cm³/mol. The summed E-state index contributed by atoms with van der Waals surface area (Å²) in [6.45, 7) is 1.41. The molecule has 0 bridgehead atoms. The molecule has 0 saturated carbocycles. The minimum Gasteiger partial charge on any atom is -0.357 e. The number of fused-ring (bicyclic) bond motifs is 2. The van der Waals surface area contributed by atoms with E-state index < -0.39 is 10.0 Å². The summed E-state index contributed by atoms with van der Waals surface area (Å²) in [5.41, 5.74) is 2.02. The Morgan fingerprint density at radius 1 is 1.07 bits per heavy atom. The van der Waals surface area contributed by atoms with Gasteiger partial charge in [-0.15, -0.1) is 0 Å². The monoisotopic (exact) mass is 384 g/mol. The molecule has 142 valence electrons. The van der Waals surface area contributed by atoms with Gasteiger partial charge >= 0.3 is 0 Å². The lowest BCUT2D eigenvalue weighted by Gasteiger charge is -2.33. The maximum Gasteiger partial charge on any atom is 0.262 e. The summed E-state index contributed by atoms with van der Waals surface area (Å²) < 4.78 is 30.6. The van der Waals surface area contributed by atoms with Crippen molar-refractivity contribution in [2.45, 2.75) is 56.1 Å². The minimum absolute atomic E-state index is 0.158. The highest BCUT2D eigenvalue weighted by Gasteiger charge is 2.37. The van der Waals surface area contributed by atoms with E-state index in [0.29, 0.717) is 6.54 Å². The zero-order valence-electron chi connectivity index (χ0n) is 15.3. The van der Waals surface area contributed by atoms with Gasteiger partial charge in [-0.3, -0.25) is 0 Å². The maximum absolute atomic E-state index is 13.4. The molecule has 1 aromatic carbocycles. The molecule has 3 aromatic rings. The second-order valence-electron chi connectivity index (χ2n) is 7.59. The van der Waals surface area contributed by atoms with Crippen molar-refractivity contribution in [3.63, 3.8) is 0 Å². The number of sulfonamides is 1. The number of hydrogen-bond acceptors (Lipinski definition) is 3. The van der Waals surface area contributed by atoms with Crippen LogP contribution in [0.1, 0.15) is 49.7 Å². The summed E-state index contributed by atoms with van der Waals surface area (Å²) in [6.07, 6.45) is 7.53. The van der Waals surface area contributed by atoms with E-state index in [0.717, 1.165) is 67.5 Å². The Balaban J connectivity index is 1.53. The van der Waals surface area contributed by atoms with E-state index in [9.17, 15) is 8.42 Å². The fourth-order valence-corrected chi connectivity index (χ4v) is 6.05. The van der Waals surface area contributed by atoms with Crippen molar-refractivity contribution in [3.8, 4) is 0 Å². The lowest BCUT2D eigenvalue weighted by atomic mass is 10.0. The van der Waals surface area contributed by atoms with Crippen LogP contribution in [-0.4, -0.2) is 33.8 Å². The average Bonchev–Trinajstić information content (AvgIpc) is 3.32. The first kappa shape index (κ1) is 17.0. The number of rotatable bonds is 3. The number of aromatic nitrogens is 3. The molecule has 4 heterocycles. The Morgan fingerprint density at radius 2 is 1.93 bits per heavy atom. The minimum atomic E-state index is -3.61. The van der Waals surface area contributed by atoms with E-state index in [2.05, 4.69) is 22.1 Å². The highest BCUT2D eigenvalue weighted by atomic mass is 32.2. The molecule has 1 atom stereocenters. The largest absolute Gasteiger partial charge is 0.357 e. The standard InChI is InChI=1S/C20H24N4O2S/c25-27(26,20-14-23-11-5-4-10-19(23)22-20)24-12-6-3-9-18(24)17-13-15-7-1-2-8-16(15)21-17/h1-2,7-8,13-14,18,21H,3-6,9-12H2. The van der Waals surface area contributed by atoms with Crippen LogP contribution in [0.2, 0.25) is 0 Å². The Hall–Kier alpha value is -2.12. The number of aromatic amines is 1. The summed E-state index contributed by atoms with van der Waals surface area (Å²) in [6, 6.07) is 10.0. The number of nitrogens with one attached hydrogen (secondary N) is 1. The molecule has 2 aromatic heterocycles. The molecule has 2 aliphatic heterocycles. The van der Waals surface area contributed by atoms with Gasteiger partial charge in [0.05, 0.1) is 6.04 Å². The fraction of sp³-hybridized carbons (Fsp3) is 0.450. The van der Waals surface area contributed by atoms with E-state index in [1.165, 1.54) is 0 Å². The Labute approximate surface area is 159 Å². The van der Waals surface area contributed by atoms with Gasteiger partial charge in [-0.05, 0) is 43.2 Å². The normalized spacial score (nSPS) is 21.4. The Kier molecular flexibility index (Phi) is 4.09. The van der Waals surface area contributed by atoms with Gasteiger partial charge in [0.15, 0.2) is 5.03 Å². The number of H-pyrrole nitrogens is 1. The molecular formula is C20H24N4O2S. The SMILES string of the molecule is O=S(=O)(c1cn2c(n1)CCCC2)N1CCCCC1c1cc2ccccc2[nH]1. The van der Waals surface area contributed by atoms with Crippen LogP contribution < -0.4 is 0 Å². The van der Waals surface area contributed by atoms with Crippen LogP contribution in [0.4, 0.5) is 0 Å². The number of hydrogen-bond donors (Lipinski definition) is 1. The van der Waals surface area contributed by atoms with E-state index in [1.807, 2.05) is 22.8 Å². The molecule has 1 saturated heterocycles. The summed E-state index contributed by atoms with van der Waals surface area (Å²) in [5.74, 6) is 0.902. The van der Waals surface area contributed by atoms with E-state index in [-0.39, 0.29) is 11.1 Å². The molecule has 5 rings (SSSR count). The number of piperidine rings is 1. The summed E-state index contributed by atoms with van der Waals surface area (Å²) >= 11 is 0. The van der Waals surface area contributed by atoms with Crippen molar-refractivity contribution < 1.29 is 8.42 Å². The molecular weight excluding hydrogens is 360 g/mol. The number of para-hydroxylation sites is 1. The smallest absolute Gasteiger partial charge is 0.262 e. The van der Waals surface area contributed by atoms with Crippen LogP contribution in [0.15, 0.2) is 41.6 Å². The third-order valence-electron chi connectivity index (χ3n) is 5.82. The van der Waals surface area contributed by atoms with E-state index in [1.54, 1.807) is 10.5 Å². The van der Waals surface area contributed by atoms with Crippen LogP contribution in [0.25, 0.3) is 10.9 Å². The van der Waals surface area contributed by atoms with Crippen molar-refractivity contribution in [3.05, 3.63) is 48.0 Å². The van der Waals surface area contributed by atoms with Crippen molar-refractivity contribution in [2.75, 3.05) is 6.54 Å². The van der Waals surface area contributed by atoms with Crippen LogP contribution >= 0.6 is 0 Å². The van der Waals surface area contributed by atoms with Crippen molar-refractivity contribution in [1.82, 2.24) is 18.8 Å². The molecule has 6 nitrogen and oxygen atoms in total. The molecule has 0 spiro atoms. The van der Waals surface area contributed by atoms with Crippen molar-refractivity contribution in [2.24, 2.45) is 0 Å². The number of nitrogens with zero attached hydrogens (tertiary/aromatic N) is 3. The number of benzene rings is 1. The Bertz CT molecular complexity index is 1030. The number of imidazole rings is 1. The van der Waals surface area contributed by atoms with Gasteiger partial charge in [-0.25, -0.2) is 13.4 Å². The topological polar surface area (TPSA) is 71.0 Å². The molecule has 0 radical (unpaired) electrons. The van der Waals surface area contributed by atoms with Gasteiger partial charge in [0.2, 0.25) is 0 Å². The Morgan fingerprint density at radius 3 is 2.78 bits per heavy atom. The predicted octanol–water partition coefficient (Wildman–Crippen LogP) is 3.62. The fourth-order valence-electron chi connectivity index (χ4n) is 4.41. The van der Waals surface area contributed by atoms with Crippen LogP contribution in [0.5, 0.6) is 0 Å². The first-order chi connectivity index (χ1) is 13.1. The van der Waals surface area contributed by atoms with Gasteiger partial charge < -0.3 is 9.55 Å². The summed E-state index contributed by atoms with van der Waals surface area (Å²) in [7, 11) is -3.61. The van der Waals surface area contributed by atoms with Gasteiger partial charge in [0, 0.05) is 36.9 Å². The molecule has 2 aliphatic rings. The van der Waals surface area contributed by atoms with Crippen LogP contribution in [0, 0.1) is 0 Å². The molecule has 1 N–H and O–H groups in total. The van der Waals surface area contributed by atoms with Gasteiger partial charge in [-0.2, -0.15) is 4.31 Å². The molecule has 0 amide bonds. The summed E-state index contributed by atoms with van der Waals surface area (Å²) in [4.78, 5) is 7.93. The lowest BCUT2D eigenvalue weighted by Crippen LogP contribution is -2.38. The molecule has 7 heteroatoms. The second-order valence-corrected chi connectivity index (χ2v) is 9.42. The van der Waals surface area contributed by atoms with E-state index in [4.69, 9.17) is 0 Å². The lowest BCUT2D eigenvalue weighted by molar-refractivity contribution is 0.251. The average molecular weight is 385 g/mol. The third kappa shape index (κ3) is 2.89. The quantitative estimate of drug-likeness (QED) is 0.750. The van der Waals surface area contributed by atoms with Crippen molar-refractivity contribution >= 4 is 20.9 Å². The van der Waals surface area contributed by atoms with E-state index >= 15 is 0 Å². The zero-order chi connectivity index (χ0) is 18.4. The van der Waals surface area contributed by atoms with Gasteiger partial charge in [0.1, 0.15) is 5.82 Å². The van der Waals surface area contributed by atoms with Gasteiger partial charge in [0.25, 0.3) is 10.0 Å². The highest BCUT2D eigenvalue weighted by molar-refractivity contribution is 7.89. The zero-order valence-corrected chi connectivity index (χ0v) is 16.1. The second kappa shape index (κ2) is 6.49. The molecule has 1 fully saturated rings. The van der Waals surface area contributed by atoms with Crippen LogP contribution in [0.3, 0.4) is 0 Å². The van der Waals surface area contributed by atoms with Gasteiger partial charge in [-0.1, -0.05) is 24.6 Å². The molecule has 0 aliphatic carbocycles. The summed E-state index contributed by atoms with van der Waals surface area (Å²) in [5, 5.41) is 1.33. The molecule has 1 unspecified atom stereocenters. The first-order valence-corrected chi connectivity index (χ1v) is 11.2. The first-order valence-electron chi connectivity index (χ1n) is 9.78. The maximum atomic E-state index is 13.4. The third-order valence-corrected chi connectivity index (χ3v) is 7.60. The highest BCUT2D eigenvalue weighted by Crippen LogP contribution is 2.36. The van der Waals surface area contributed by atoms with Crippen LogP contribution in [-0.2, 0) is 23.0 Å². The molecule has 27 heavy (non-hydrogen) atoms. The number of aryl methyl sites for hydroxylation is 2.